The molecule has 7 heteroatoms. The lowest BCUT2D eigenvalue weighted by molar-refractivity contribution is -0.122. The first-order valence-electron chi connectivity index (χ1n) is 8.48. The fraction of sp³-hybridized carbons (Fsp3) is 0.938. The molecule has 0 radical (unpaired) electrons. The summed E-state index contributed by atoms with van der Waals surface area (Å²) < 4.78 is 5.45. The molecule has 1 saturated heterocycles. The number of nitrogens with two attached hydrogens (primary N) is 1. The van der Waals surface area contributed by atoms with Crippen molar-refractivity contribution >= 4 is 30.1 Å². The maximum Gasteiger partial charge on any atom is 0.237 e. The third-order valence-corrected chi connectivity index (χ3v) is 5.21. The van der Waals surface area contributed by atoms with Gasteiger partial charge in [0.05, 0.1) is 19.3 Å². The fourth-order valence-electron chi connectivity index (χ4n) is 3.05. The van der Waals surface area contributed by atoms with E-state index >= 15 is 0 Å². The Hall–Kier alpha value is -0.0100. The van der Waals surface area contributed by atoms with Gasteiger partial charge >= 0.3 is 0 Å². The lowest BCUT2D eigenvalue weighted by Gasteiger charge is -2.39. The number of hydrogen-bond acceptors (Lipinski definition) is 5. The second-order valence-electron chi connectivity index (χ2n) is 5.93. The standard InChI is InChI=1S/C16H33N3O2S.ClH/c1-4-13(5-2)15(19-7-9-21-10-8-19)12-18-16(20)14(17)6-11-22-3;/h13-15H,4-12,17H2,1-3H3,(H,18,20);1H. The summed E-state index contributed by atoms with van der Waals surface area (Å²) in [5.74, 6) is 1.51. The normalized spacial score (nSPS) is 18.3. The molecule has 138 valence electrons. The van der Waals surface area contributed by atoms with Gasteiger partial charge in [-0.2, -0.15) is 11.8 Å². The van der Waals surface area contributed by atoms with Crippen molar-refractivity contribution in [3.8, 4) is 0 Å². The number of halogens is 1. The zero-order chi connectivity index (χ0) is 16.4. The van der Waals surface area contributed by atoms with Crippen LogP contribution < -0.4 is 11.1 Å². The van der Waals surface area contributed by atoms with E-state index < -0.39 is 0 Å². The first-order valence-corrected chi connectivity index (χ1v) is 9.87. The summed E-state index contributed by atoms with van der Waals surface area (Å²) in [5, 5.41) is 3.08. The molecule has 1 amide bonds. The van der Waals surface area contributed by atoms with E-state index in [-0.39, 0.29) is 24.4 Å². The van der Waals surface area contributed by atoms with Crippen LogP contribution in [0.4, 0.5) is 0 Å². The first-order chi connectivity index (χ1) is 10.6. The van der Waals surface area contributed by atoms with Gasteiger partial charge in [0.15, 0.2) is 0 Å². The van der Waals surface area contributed by atoms with Gasteiger partial charge in [0.1, 0.15) is 0 Å². The van der Waals surface area contributed by atoms with Crippen molar-refractivity contribution in [2.75, 3.05) is 44.9 Å². The summed E-state index contributed by atoms with van der Waals surface area (Å²) in [6.45, 7) is 8.64. The van der Waals surface area contributed by atoms with Crippen molar-refractivity contribution in [1.82, 2.24) is 10.2 Å². The Morgan fingerprint density at radius 1 is 1.30 bits per heavy atom. The molecule has 23 heavy (non-hydrogen) atoms. The number of rotatable bonds is 10. The fourth-order valence-corrected chi connectivity index (χ4v) is 3.54. The van der Waals surface area contributed by atoms with Crippen LogP contribution >= 0.6 is 24.2 Å². The van der Waals surface area contributed by atoms with E-state index in [9.17, 15) is 4.79 Å². The molecule has 0 spiro atoms. The van der Waals surface area contributed by atoms with E-state index in [0.717, 1.165) is 51.3 Å². The van der Waals surface area contributed by atoms with Gasteiger partial charge in [0, 0.05) is 25.7 Å². The van der Waals surface area contributed by atoms with Crippen LogP contribution in [0.3, 0.4) is 0 Å². The van der Waals surface area contributed by atoms with E-state index in [0.29, 0.717) is 18.5 Å². The Morgan fingerprint density at radius 3 is 2.43 bits per heavy atom. The number of nitrogens with zero attached hydrogens (tertiary/aromatic N) is 1. The van der Waals surface area contributed by atoms with Gasteiger partial charge in [-0.05, 0) is 24.3 Å². The molecule has 0 aromatic rings. The molecule has 1 aliphatic rings. The topological polar surface area (TPSA) is 67.6 Å². The summed E-state index contributed by atoms with van der Waals surface area (Å²) in [5.41, 5.74) is 5.95. The minimum absolute atomic E-state index is 0. The summed E-state index contributed by atoms with van der Waals surface area (Å²) in [6.07, 6.45) is 5.03. The molecule has 1 heterocycles. The molecule has 0 aromatic heterocycles. The van der Waals surface area contributed by atoms with Gasteiger partial charge in [-0.3, -0.25) is 9.69 Å². The van der Waals surface area contributed by atoms with Crippen LogP contribution in [0, 0.1) is 5.92 Å². The highest BCUT2D eigenvalue weighted by molar-refractivity contribution is 7.98. The zero-order valence-electron chi connectivity index (χ0n) is 14.8. The van der Waals surface area contributed by atoms with Crippen LogP contribution in [0.5, 0.6) is 0 Å². The Morgan fingerprint density at radius 2 is 1.91 bits per heavy atom. The van der Waals surface area contributed by atoms with Crippen LogP contribution in [0.15, 0.2) is 0 Å². The third-order valence-electron chi connectivity index (χ3n) is 4.56. The van der Waals surface area contributed by atoms with Crippen LogP contribution in [-0.2, 0) is 9.53 Å². The number of ether oxygens (including phenoxy) is 1. The van der Waals surface area contributed by atoms with Gasteiger partial charge in [0.25, 0.3) is 0 Å². The third kappa shape index (κ3) is 8.07. The molecule has 2 atom stereocenters. The number of hydrogen-bond donors (Lipinski definition) is 2. The Kier molecular flexibility index (Phi) is 13.3. The molecule has 0 aliphatic carbocycles. The number of carbonyl (C=O) groups is 1. The average Bonchev–Trinajstić information content (AvgIpc) is 2.56. The van der Waals surface area contributed by atoms with Crippen LogP contribution in [-0.4, -0.2) is 67.7 Å². The molecular weight excluding hydrogens is 334 g/mol. The quantitative estimate of drug-likeness (QED) is 0.615. The van der Waals surface area contributed by atoms with E-state index in [1.54, 1.807) is 11.8 Å². The largest absolute Gasteiger partial charge is 0.379 e. The van der Waals surface area contributed by atoms with Crippen LogP contribution in [0.25, 0.3) is 0 Å². The van der Waals surface area contributed by atoms with Gasteiger partial charge in [0.2, 0.25) is 5.91 Å². The van der Waals surface area contributed by atoms with Crippen LogP contribution in [0.1, 0.15) is 33.1 Å². The molecular formula is C16H34ClN3O2S. The van der Waals surface area contributed by atoms with Gasteiger partial charge in [-0.25, -0.2) is 0 Å². The lowest BCUT2D eigenvalue weighted by Crippen LogP contribution is -2.53. The summed E-state index contributed by atoms with van der Waals surface area (Å²) >= 11 is 1.72. The molecule has 3 N–H and O–H groups in total. The summed E-state index contributed by atoms with van der Waals surface area (Å²) in [6, 6.07) is -0.00454. The molecule has 0 bridgehead atoms. The smallest absolute Gasteiger partial charge is 0.237 e. The van der Waals surface area contributed by atoms with E-state index in [2.05, 4.69) is 24.1 Å². The zero-order valence-corrected chi connectivity index (χ0v) is 16.4. The molecule has 2 unspecified atom stereocenters. The number of carbonyl (C=O) groups excluding carboxylic acids is 1. The van der Waals surface area contributed by atoms with Crippen molar-refractivity contribution < 1.29 is 9.53 Å². The van der Waals surface area contributed by atoms with Crippen molar-refractivity contribution in [2.24, 2.45) is 11.7 Å². The summed E-state index contributed by atoms with van der Waals surface area (Å²) in [4.78, 5) is 14.6. The second-order valence-corrected chi connectivity index (χ2v) is 6.91. The first kappa shape index (κ1) is 23.0. The second kappa shape index (κ2) is 13.3. The average molecular weight is 368 g/mol. The minimum Gasteiger partial charge on any atom is -0.379 e. The number of amides is 1. The maximum absolute atomic E-state index is 12.1. The maximum atomic E-state index is 12.1. The van der Waals surface area contributed by atoms with Gasteiger partial charge < -0.3 is 15.8 Å². The Bertz CT molecular complexity index is 314. The highest BCUT2D eigenvalue weighted by Gasteiger charge is 2.27. The number of nitrogens with one attached hydrogen (secondary N) is 1. The highest BCUT2D eigenvalue weighted by atomic mass is 35.5. The number of thioether (sulfide) groups is 1. The highest BCUT2D eigenvalue weighted by Crippen LogP contribution is 2.19. The minimum atomic E-state index is -0.389. The predicted molar refractivity (Wildman–Crippen MR) is 101 cm³/mol. The predicted octanol–water partition coefficient (Wildman–Crippen LogP) is 1.74. The molecule has 1 fully saturated rings. The van der Waals surface area contributed by atoms with Gasteiger partial charge in [-0.15, -0.1) is 12.4 Å². The number of morpholine rings is 1. The van der Waals surface area contributed by atoms with Crippen LogP contribution in [0.2, 0.25) is 0 Å². The van der Waals surface area contributed by atoms with E-state index in [4.69, 9.17) is 10.5 Å². The van der Waals surface area contributed by atoms with Gasteiger partial charge in [-0.1, -0.05) is 26.7 Å². The molecule has 1 aliphatic heterocycles. The van der Waals surface area contributed by atoms with E-state index in [1.165, 1.54) is 0 Å². The van der Waals surface area contributed by atoms with E-state index in [1.807, 2.05) is 6.26 Å². The molecule has 0 saturated carbocycles. The van der Waals surface area contributed by atoms with Crippen molar-refractivity contribution in [2.45, 2.75) is 45.2 Å². The molecule has 1 rings (SSSR count). The van der Waals surface area contributed by atoms with Crippen molar-refractivity contribution in [1.29, 1.82) is 0 Å². The van der Waals surface area contributed by atoms with Crippen molar-refractivity contribution in [3.63, 3.8) is 0 Å². The molecule has 5 nitrogen and oxygen atoms in total. The SMILES string of the molecule is CCC(CC)C(CNC(=O)C(N)CCSC)N1CCOCC1.Cl. The molecule has 0 aromatic carbocycles. The monoisotopic (exact) mass is 367 g/mol. The Labute approximate surface area is 151 Å². The summed E-state index contributed by atoms with van der Waals surface area (Å²) in [7, 11) is 0. The Balaban J connectivity index is 0.00000484. The lowest BCUT2D eigenvalue weighted by atomic mass is 9.92. The van der Waals surface area contributed by atoms with Crippen molar-refractivity contribution in [3.05, 3.63) is 0 Å².